The summed E-state index contributed by atoms with van der Waals surface area (Å²) in [5.74, 6) is 2.60. The summed E-state index contributed by atoms with van der Waals surface area (Å²) in [7, 11) is 0. The van der Waals surface area contributed by atoms with E-state index in [1.807, 2.05) is 6.20 Å². The number of aliphatic imine (C=N–C) groups is 1. The molecule has 0 aliphatic heterocycles. The van der Waals surface area contributed by atoms with E-state index in [0.29, 0.717) is 12.5 Å². The van der Waals surface area contributed by atoms with Crippen molar-refractivity contribution in [3.8, 4) is 0 Å². The maximum absolute atomic E-state index is 4.64. The molecule has 0 aliphatic carbocycles. The Labute approximate surface area is 141 Å². The summed E-state index contributed by atoms with van der Waals surface area (Å²) in [6.45, 7) is 15.3. The average Bonchev–Trinajstić information content (AvgIpc) is 2.54. The molecule has 1 rings (SSSR count). The van der Waals surface area contributed by atoms with Crippen LogP contribution in [0.4, 0.5) is 5.82 Å². The highest BCUT2D eigenvalue weighted by atomic mass is 15.2. The number of hydrogen-bond acceptors (Lipinski definition) is 3. The summed E-state index contributed by atoms with van der Waals surface area (Å²) < 4.78 is 0. The predicted molar refractivity (Wildman–Crippen MR) is 100 cm³/mol. The van der Waals surface area contributed by atoms with Crippen molar-refractivity contribution in [2.75, 3.05) is 31.1 Å². The highest BCUT2D eigenvalue weighted by Crippen LogP contribution is 2.11. The standard InChI is InChI=1S/C18H33N5/c1-6-19-18(20-12-11-15(4)5)22-14-16-9-10-17(21-13-16)23(7-2)8-3/h9-10,13,15H,6-8,11-12,14H2,1-5H3,(H2,19,20,22). The molecule has 0 saturated heterocycles. The first-order chi connectivity index (χ1) is 11.1. The minimum absolute atomic E-state index is 0.641. The van der Waals surface area contributed by atoms with Crippen LogP contribution in [0.15, 0.2) is 23.3 Å². The molecule has 2 N–H and O–H groups in total. The predicted octanol–water partition coefficient (Wildman–Crippen LogP) is 3.03. The molecule has 0 atom stereocenters. The van der Waals surface area contributed by atoms with Gasteiger partial charge < -0.3 is 15.5 Å². The number of anilines is 1. The number of rotatable bonds is 9. The Morgan fingerprint density at radius 1 is 1.17 bits per heavy atom. The Morgan fingerprint density at radius 3 is 2.43 bits per heavy atom. The van der Waals surface area contributed by atoms with Gasteiger partial charge >= 0.3 is 0 Å². The Morgan fingerprint density at radius 2 is 1.91 bits per heavy atom. The first-order valence-electron chi connectivity index (χ1n) is 8.82. The molecule has 130 valence electrons. The zero-order chi connectivity index (χ0) is 17.1. The maximum atomic E-state index is 4.64. The first-order valence-corrected chi connectivity index (χ1v) is 8.82. The average molecular weight is 319 g/mol. The van der Waals surface area contributed by atoms with Crippen LogP contribution >= 0.6 is 0 Å². The summed E-state index contributed by atoms with van der Waals surface area (Å²) in [4.78, 5) is 11.4. The maximum Gasteiger partial charge on any atom is 0.191 e. The molecule has 0 bridgehead atoms. The van der Waals surface area contributed by atoms with E-state index in [1.54, 1.807) is 0 Å². The number of hydrogen-bond donors (Lipinski definition) is 2. The minimum atomic E-state index is 0.641. The van der Waals surface area contributed by atoms with Crippen LogP contribution in [0.1, 0.15) is 46.6 Å². The van der Waals surface area contributed by atoms with E-state index in [-0.39, 0.29) is 0 Å². The molecule has 1 aromatic heterocycles. The van der Waals surface area contributed by atoms with Crippen LogP contribution in [-0.4, -0.2) is 37.1 Å². The van der Waals surface area contributed by atoms with Gasteiger partial charge in [0, 0.05) is 32.4 Å². The van der Waals surface area contributed by atoms with E-state index in [1.165, 1.54) is 0 Å². The molecule has 0 unspecified atom stereocenters. The summed E-state index contributed by atoms with van der Waals surface area (Å²) in [5, 5.41) is 6.67. The molecule has 1 heterocycles. The topological polar surface area (TPSA) is 52.6 Å². The largest absolute Gasteiger partial charge is 0.357 e. The Balaban J connectivity index is 2.60. The minimum Gasteiger partial charge on any atom is -0.357 e. The molecule has 0 fully saturated rings. The number of guanidine groups is 1. The van der Waals surface area contributed by atoms with Crippen LogP contribution < -0.4 is 15.5 Å². The second-order valence-electron chi connectivity index (χ2n) is 6.00. The fourth-order valence-corrected chi connectivity index (χ4v) is 2.24. The molecule has 0 radical (unpaired) electrons. The number of aromatic nitrogens is 1. The van der Waals surface area contributed by atoms with Gasteiger partial charge in [-0.3, -0.25) is 0 Å². The van der Waals surface area contributed by atoms with E-state index >= 15 is 0 Å². The third-order valence-corrected chi connectivity index (χ3v) is 3.67. The lowest BCUT2D eigenvalue weighted by Crippen LogP contribution is -2.38. The molecule has 0 saturated carbocycles. The van der Waals surface area contributed by atoms with Gasteiger partial charge in [0.1, 0.15) is 5.82 Å². The third kappa shape index (κ3) is 7.35. The summed E-state index contributed by atoms with van der Waals surface area (Å²) in [5.41, 5.74) is 1.13. The van der Waals surface area contributed by atoms with Crippen molar-refractivity contribution in [1.29, 1.82) is 0 Å². The molecule has 0 spiro atoms. The van der Waals surface area contributed by atoms with Gasteiger partial charge in [0.15, 0.2) is 5.96 Å². The van der Waals surface area contributed by atoms with Gasteiger partial charge in [0.05, 0.1) is 6.54 Å². The Hall–Kier alpha value is -1.78. The lowest BCUT2D eigenvalue weighted by atomic mass is 10.1. The van der Waals surface area contributed by atoms with E-state index in [4.69, 9.17) is 0 Å². The van der Waals surface area contributed by atoms with Gasteiger partial charge in [-0.2, -0.15) is 0 Å². The fourth-order valence-electron chi connectivity index (χ4n) is 2.24. The fraction of sp³-hybridized carbons (Fsp3) is 0.667. The van der Waals surface area contributed by atoms with Crippen molar-refractivity contribution in [2.45, 2.75) is 47.6 Å². The number of nitrogens with one attached hydrogen (secondary N) is 2. The van der Waals surface area contributed by atoms with Crippen LogP contribution in [-0.2, 0) is 6.54 Å². The second-order valence-corrected chi connectivity index (χ2v) is 6.00. The Bertz CT molecular complexity index is 449. The van der Waals surface area contributed by atoms with Gasteiger partial charge in [-0.1, -0.05) is 19.9 Å². The van der Waals surface area contributed by atoms with Gasteiger partial charge in [0.25, 0.3) is 0 Å². The van der Waals surface area contributed by atoms with E-state index in [9.17, 15) is 0 Å². The first kappa shape index (κ1) is 19.3. The highest BCUT2D eigenvalue weighted by molar-refractivity contribution is 5.79. The van der Waals surface area contributed by atoms with Gasteiger partial charge in [-0.15, -0.1) is 0 Å². The Kier molecular flexibility index (Phi) is 9.10. The lowest BCUT2D eigenvalue weighted by Gasteiger charge is -2.19. The number of nitrogens with zero attached hydrogens (tertiary/aromatic N) is 3. The molecule has 23 heavy (non-hydrogen) atoms. The van der Waals surface area contributed by atoms with Crippen LogP contribution in [0, 0.1) is 5.92 Å². The quantitative estimate of drug-likeness (QED) is 0.543. The van der Waals surface area contributed by atoms with Crippen molar-refractivity contribution in [3.63, 3.8) is 0 Å². The van der Waals surface area contributed by atoms with Gasteiger partial charge in [0.2, 0.25) is 0 Å². The zero-order valence-corrected chi connectivity index (χ0v) is 15.4. The molecule has 5 heteroatoms. The molecular formula is C18H33N5. The molecule has 5 nitrogen and oxygen atoms in total. The van der Waals surface area contributed by atoms with E-state index in [2.05, 4.69) is 72.3 Å². The second kappa shape index (κ2) is 10.9. The summed E-state index contributed by atoms with van der Waals surface area (Å²) >= 11 is 0. The lowest BCUT2D eigenvalue weighted by molar-refractivity contribution is 0.573. The normalized spacial score (nSPS) is 11.7. The molecular weight excluding hydrogens is 286 g/mol. The van der Waals surface area contributed by atoms with Crippen molar-refractivity contribution in [2.24, 2.45) is 10.9 Å². The zero-order valence-electron chi connectivity index (χ0n) is 15.4. The molecule has 0 aliphatic rings. The van der Waals surface area contributed by atoms with Crippen LogP contribution in [0.5, 0.6) is 0 Å². The van der Waals surface area contributed by atoms with Gasteiger partial charge in [-0.05, 0) is 44.7 Å². The smallest absolute Gasteiger partial charge is 0.191 e. The van der Waals surface area contributed by atoms with Crippen molar-refractivity contribution < 1.29 is 0 Å². The van der Waals surface area contributed by atoms with Crippen molar-refractivity contribution in [1.82, 2.24) is 15.6 Å². The summed E-state index contributed by atoms with van der Waals surface area (Å²) in [6, 6.07) is 4.19. The van der Waals surface area contributed by atoms with Crippen molar-refractivity contribution >= 4 is 11.8 Å². The SMILES string of the molecule is CCNC(=NCc1ccc(N(CC)CC)nc1)NCCC(C)C. The van der Waals surface area contributed by atoms with Crippen molar-refractivity contribution in [3.05, 3.63) is 23.9 Å². The highest BCUT2D eigenvalue weighted by Gasteiger charge is 2.03. The van der Waals surface area contributed by atoms with E-state index < -0.39 is 0 Å². The third-order valence-electron chi connectivity index (χ3n) is 3.67. The monoisotopic (exact) mass is 319 g/mol. The summed E-state index contributed by atoms with van der Waals surface area (Å²) in [6.07, 6.45) is 3.07. The molecule has 0 aromatic carbocycles. The van der Waals surface area contributed by atoms with Crippen LogP contribution in [0.2, 0.25) is 0 Å². The molecule has 1 aromatic rings. The van der Waals surface area contributed by atoms with Gasteiger partial charge in [-0.25, -0.2) is 9.98 Å². The van der Waals surface area contributed by atoms with E-state index in [0.717, 1.165) is 49.9 Å². The number of pyridine rings is 1. The molecule has 0 amide bonds. The van der Waals surface area contributed by atoms with Crippen LogP contribution in [0.3, 0.4) is 0 Å². The van der Waals surface area contributed by atoms with Crippen LogP contribution in [0.25, 0.3) is 0 Å².